The van der Waals surface area contributed by atoms with Crippen molar-refractivity contribution in [3.05, 3.63) is 0 Å². The van der Waals surface area contributed by atoms with E-state index in [-0.39, 0.29) is 0 Å². The SMILES string of the molecule is CC(CC1CCC1)N(C)C(C)(C)C(=O)O. The normalized spacial score (nSPS) is 20.1. The summed E-state index contributed by atoms with van der Waals surface area (Å²) in [7, 11) is 1.91. The van der Waals surface area contributed by atoms with E-state index in [1.54, 1.807) is 13.8 Å². The summed E-state index contributed by atoms with van der Waals surface area (Å²) in [6.07, 6.45) is 5.13. The van der Waals surface area contributed by atoms with E-state index in [0.29, 0.717) is 6.04 Å². The number of carboxylic acid groups (broad SMARTS) is 1. The summed E-state index contributed by atoms with van der Waals surface area (Å²) in [6.45, 7) is 5.67. The molecular formula is C12H23NO2. The van der Waals surface area contributed by atoms with Gasteiger partial charge in [0.2, 0.25) is 0 Å². The molecule has 3 heteroatoms. The number of rotatable bonds is 5. The Balaban J connectivity index is 2.50. The van der Waals surface area contributed by atoms with Crippen LogP contribution in [0.1, 0.15) is 46.5 Å². The van der Waals surface area contributed by atoms with Gasteiger partial charge in [-0.05, 0) is 40.2 Å². The Morgan fingerprint density at radius 1 is 1.53 bits per heavy atom. The molecule has 88 valence electrons. The summed E-state index contributed by atoms with van der Waals surface area (Å²) in [5.74, 6) is 0.0810. The maximum atomic E-state index is 11.1. The van der Waals surface area contributed by atoms with Crippen LogP contribution in [0.4, 0.5) is 0 Å². The molecular weight excluding hydrogens is 190 g/mol. The van der Waals surface area contributed by atoms with E-state index in [4.69, 9.17) is 5.11 Å². The Morgan fingerprint density at radius 2 is 2.07 bits per heavy atom. The van der Waals surface area contributed by atoms with E-state index in [9.17, 15) is 4.79 Å². The lowest BCUT2D eigenvalue weighted by Gasteiger charge is -2.39. The van der Waals surface area contributed by atoms with E-state index in [1.807, 2.05) is 11.9 Å². The molecule has 1 aliphatic carbocycles. The summed E-state index contributed by atoms with van der Waals surface area (Å²) in [6, 6.07) is 0.349. The molecule has 1 saturated carbocycles. The number of aliphatic carboxylic acids is 1. The van der Waals surface area contributed by atoms with Crippen LogP contribution in [0.5, 0.6) is 0 Å². The number of carbonyl (C=O) groups is 1. The quantitative estimate of drug-likeness (QED) is 0.762. The second-order valence-electron chi connectivity index (χ2n) is 5.36. The Hall–Kier alpha value is -0.570. The van der Waals surface area contributed by atoms with Crippen molar-refractivity contribution in [3.63, 3.8) is 0 Å². The minimum Gasteiger partial charge on any atom is -0.480 e. The standard InChI is InChI=1S/C12H23NO2/c1-9(8-10-6-5-7-10)13(4)12(2,3)11(14)15/h9-10H,5-8H2,1-4H3,(H,14,15). The number of hydrogen-bond donors (Lipinski definition) is 1. The van der Waals surface area contributed by atoms with Crippen LogP contribution in [-0.2, 0) is 4.79 Å². The van der Waals surface area contributed by atoms with Crippen LogP contribution in [0.3, 0.4) is 0 Å². The average molecular weight is 213 g/mol. The van der Waals surface area contributed by atoms with E-state index in [1.165, 1.54) is 19.3 Å². The molecule has 0 aliphatic heterocycles. The van der Waals surface area contributed by atoms with Gasteiger partial charge < -0.3 is 5.11 Å². The van der Waals surface area contributed by atoms with Crippen molar-refractivity contribution in [2.45, 2.75) is 58.0 Å². The van der Waals surface area contributed by atoms with Crippen molar-refractivity contribution in [2.24, 2.45) is 5.92 Å². The number of hydrogen-bond acceptors (Lipinski definition) is 2. The maximum absolute atomic E-state index is 11.1. The fraction of sp³-hybridized carbons (Fsp3) is 0.917. The lowest BCUT2D eigenvalue weighted by Crippen LogP contribution is -2.52. The molecule has 15 heavy (non-hydrogen) atoms. The molecule has 0 bridgehead atoms. The third kappa shape index (κ3) is 2.71. The van der Waals surface area contributed by atoms with Gasteiger partial charge in [0, 0.05) is 6.04 Å². The van der Waals surface area contributed by atoms with Crippen LogP contribution in [-0.4, -0.2) is 34.6 Å². The predicted molar refractivity (Wildman–Crippen MR) is 60.9 cm³/mol. The van der Waals surface area contributed by atoms with Crippen molar-refractivity contribution in [1.82, 2.24) is 4.90 Å². The Morgan fingerprint density at radius 3 is 2.40 bits per heavy atom. The average Bonchev–Trinajstić information content (AvgIpc) is 2.09. The summed E-state index contributed by atoms with van der Waals surface area (Å²) >= 11 is 0. The number of nitrogens with zero attached hydrogens (tertiary/aromatic N) is 1. The third-order valence-electron chi connectivity index (χ3n) is 3.97. The van der Waals surface area contributed by atoms with Gasteiger partial charge in [0.15, 0.2) is 0 Å². The van der Waals surface area contributed by atoms with Crippen molar-refractivity contribution < 1.29 is 9.90 Å². The Kier molecular flexibility index (Phi) is 3.77. The minimum atomic E-state index is -0.761. The molecule has 0 aromatic rings. The second kappa shape index (κ2) is 4.52. The molecule has 0 aromatic carbocycles. The van der Waals surface area contributed by atoms with Gasteiger partial charge in [-0.25, -0.2) is 0 Å². The zero-order valence-electron chi connectivity index (χ0n) is 10.3. The second-order valence-corrected chi connectivity index (χ2v) is 5.36. The summed E-state index contributed by atoms with van der Waals surface area (Å²) < 4.78 is 0. The third-order valence-corrected chi connectivity index (χ3v) is 3.97. The molecule has 1 atom stereocenters. The van der Waals surface area contributed by atoms with Crippen LogP contribution in [0, 0.1) is 5.92 Å². The fourth-order valence-corrected chi connectivity index (χ4v) is 2.07. The van der Waals surface area contributed by atoms with Gasteiger partial charge in [0.25, 0.3) is 0 Å². The lowest BCUT2D eigenvalue weighted by atomic mass is 9.80. The van der Waals surface area contributed by atoms with Gasteiger partial charge in [-0.15, -0.1) is 0 Å². The predicted octanol–water partition coefficient (Wildman–Crippen LogP) is 2.36. The summed E-state index contributed by atoms with van der Waals surface area (Å²) in [4.78, 5) is 13.1. The first-order chi connectivity index (χ1) is 6.85. The van der Waals surface area contributed by atoms with Crippen LogP contribution >= 0.6 is 0 Å². The zero-order valence-corrected chi connectivity index (χ0v) is 10.3. The highest BCUT2D eigenvalue weighted by molar-refractivity contribution is 5.77. The van der Waals surface area contributed by atoms with E-state index >= 15 is 0 Å². The Labute approximate surface area is 92.5 Å². The first-order valence-corrected chi connectivity index (χ1v) is 5.82. The topological polar surface area (TPSA) is 40.5 Å². The monoisotopic (exact) mass is 213 g/mol. The summed E-state index contributed by atoms with van der Waals surface area (Å²) in [5.41, 5.74) is -0.761. The molecule has 0 radical (unpaired) electrons. The van der Waals surface area contributed by atoms with Crippen LogP contribution in [0.25, 0.3) is 0 Å². The highest BCUT2D eigenvalue weighted by Crippen LogP contribution is 2.32. The summed E-state index contributed by atoms with van der Waals surface area (Å²) in [5, 5.41) is 9.12. The van der Waals surface area contributed by atoms with Gasteiger partial charge in [-0.2, -0.15) is 0 Å². The van der Waals surface area contributed by atoms with Crippen molar-refractivity contribution in [2.75, 3.05) is 7.05 Å². The van der Waals surface area contributed by atoms with Gasteiger partial charge in [-0.3, -0.25) is 9.69 Å². The molecule has 0 spiro atoms. The van der Waals surface area contributed by atoms with Crippen LogP contribution in [0.15, 0.2) is 0 Å². The number of likely N-dealkylation sites (N-methyl/N-ethyl adjacent to an activating group) is 1. The van der Waals surface area contributed by atoms with Crippen molar-refractivity contribution in [1.29, 1.82) is 0 Å². The molecule has 1 rings (SSSR count). The van der Waals surface area contributed by atoms with Gasteiger partial charge in [0.05, 0.1) is 0 Å². The Bertz CT molecular complexity index is 234. The van der Waals surface area contributed by atoms with Gasteiger partial charge >= 0.3 is 5.97 Å². The molecule has 1 fully saturated rings. The maximum Gasteiger partial charge on any atom is 0.323 e. The number of carboxylic acids is 1. The van der Waals surface area contributed by atoms with Crippen LogP contribution in [0.2, 0.25) is 0 Å². The smallest absolute Gasteiger partial charge is 0.323 e. The molecule has 0 saturated heterocycles. The van der Waals surface area contributed by atoms with Crippen molar-refractivity contribution >= 4 is 5.97 Å². The van der Waals surface area contributed by atoms with Crippen LogP contribution < -0.4 is 0 Å². The molecule has 1 unspecified atom stereocenters. The van der Waals surface area contributed by atoms with E-state index in [2.05, 4.69) is 6.92 Å². The highest BCUT2D eigenvalue weighted by Gasteiger charge is 2.35. The lowest BCUT2D eigenvalue weighted by molar-refractivity contribution is -0.150. The zero-order chi connectivity index (χ0) is 11.6. The first kappa shape index (κ1) is 12.5. The van der Waals surface area contributed by atoms with Crippen molar-refractivity contribution in [3.8, 4) is 0 Å². The molecule has 0 amide bonds. The first-order valence-electron chi connectivity index (χ1n) is 5.82. The molecule has 1 aliphatic rings. The molecule has 0 heterocycles. The van der Waals surface area contributed by atoms with Gasteiger partial charge in [-0.1, -0.05) is 19.3 Å². The molecule has 3 nitrogen and oxygen atoms in total. The largest absolute Gasteiger partial charge is 0.480 e. The fourth-order valence-electron chi connectivity index (χ4n) is 2.07. The van der Waals surface area contributed by atoms with E-state index in [0.717, 1.165) is 12.3 Å². The van der Waals surface area contributed by atoms with Gasteiger partial charge in [0.1, 0.15) is 5.54 Å². The highest BCUT2D eigenvalue weighted by atomic mass is 16.4. The van der Waals surface area contributed by atoms with E-state index < -0.39 is 11.5 Å². The minimum absolute atomic E-state index is 0.349. The molecule has 1 N–H and O–H groups in total. The molecule has 0 aromatic heterocycles.